The number of rotatable bonds is 6. The fraction of sp³-hybridized carbons (Fsp3) is 0.294. The molecule has 22 heavy (non-hydrogen) atoms. The second kappa shape index (κ2) is 7.56. The molecule has 0 N–H and O–H groups in total. The third kappa shape index (κ3) is 5.36. The minimum atomic E-state index is 0.538. The SMILES string of the molecule is C[N+](C)(CCOc1ccc(Cl)cc1Cl)Cc1ccc(Cl)cc1. The van der Waals surface area contributed by atoms with Gasteiger partial charge in [-0.15, -0.1) is 0 Å². The van der Waals surface area contributed by atoms with Gasteiger partial charge in [-0.3, -0.25) is 0 Å². The summed E-state index contributed by atoms with van der Waals surface area (Å²) in [6.07, 6.45) is 0. The van der Waals surface area contributed by atoms with Gasteiger partial charge in [-0.25, -0.2) is 0 Å². The van der Waals surface area contributed by atoms with Gasteiger partial charge < -0.3 is 9.22 Å². The molecule has 118 valence electrons. The minimum Gasteiger partial charge on any atom is -0.486 e. The Hall–Kier alpha value is -0.930. The van der Waals surface area contributed by atoms with E-state index >= 15 is 0 Å². The number of quaternary nitrogens is 1. The summed E-state index contributed by atoms with van der Waals surface area (Å²) < 4.78 is 6.57. The molecule has 0 atom stereocenters. The molecule has 0 saturated carbocycles. The second-order valence-corrected chi connectivity index (χ2v) is 7.15. The Morgan fingerprint density at radius 2 is 1.55 bits per heavy atom. The van der Waals surface area contributed by atoms with Crippen LogP contribution in [0.2, 0.25) is 15.1 Å². The van der Waals surface area contributed by atoms with Gasteiger partial charge in [-0.1, -0.05) is 46.9 Å². The lowest BCUT2D eigenvalue weighted by atomic mass is 10.2. The average molecular weight is 360 g/mol. The maximum absolute atomic E-state index is 6.10. The van der Waals surface area contributed by atoms with Crippen LogP contribution in [-0.2, 0) is 6.54 Å². The number of halogens is 3. The summed E-state index contributed by atoms with van der Waals surface area (Å²) in [6.45, 7) is 2.36. The van der Waals surface area contributed by atoms with Crippen molar-refractivity contribution in [3.63, 3.8) is 0 Å². The van der Waals surface area contributed by atoms with Gasteiger partial charge in [0.25, 0.3) is 0 Å². The number of hydrogen-bond acceptors (Lipinski definition) is 1. The summed E-state index contributed by atoms with van der Waals surface area (Å²) in [4.78, 5) is 0. The molecule has 0 heterocycles. The van der Waals surface area contributed by atoms with E-state index in [1.165, 1.54) is 5.56 Å². The zero-order valence-electron chi connectivity index (χ0n) is 12.7. The van der Waals surface area contributed by atoms with Crippen LogP contribution in [0.5, 0.6) is 5.75 Å². The van der Waals surface area contributed by atoms with Crippen LogP contribution in [0, 0.1) is 0 Å². The van der Waals surface area contributed by atoms with Crippen molar-refractivity contribution in [2.75, 3.05) is 27.2 Å². The van der Waals surface area contributed by atoms with Crippen molar-refractivity contribution >= 4 is 34.8 Å². The number of ether oxygens (including phenoxy) is 1. The Morgan fingerprint density at radius 3 is 2.18 bits per heavy atom. The highest BCUT2D eigenvalue weighted by Gasteiger charge is 2.16. The predicted molar refractivity (Wildman–Crippen MR) is 94.1 cm³/mol. The van der Waals surface area contributed by atoms with Crippen molar-refractivity contribution in [2.24, 2.45) is 0 Å². The molecular formula is C17H19Cl3NO+. The lowest BCUT2D eigenvalue weighted by Crippen LogP contribution is -2.42. The zero-order valence-corrected chi connectivity index (χ0v) is 14.9. The van der Waals surface area contributed by atoms with Crippen molar-refractivity contribution in [3.05, 3.63) is 63.1 Å². The van der Waals surface area contributed by atoms with E-state index in [4.69, 9.17) is 39.5 Å². The van der Waals surface area contributed by atoms with Crippen molar-refractivity contribution in [3.8, 4) is 5.75 Å². The van der Waals surface area contributed by atoms with Crippen LogP contribution >= 0.6 is 34.8 Å². The van der Waals surface area contributed by atoms with E-state index in [2.05, 4.69) is 26.2 Å². The number of nitrogens with zero attached hydrogens (tertiary/aromatic N) is 1. The Kier molecular flexibility index (Phi) is 5.99. The molecule has 0 spiro atoms. The smallest absolute Gasteiger partial charge is 0.138 e. The largest absolute Gasteiger partial charge is 0.486 e. The van der Waals surface area contributed by atoms with Crippen molar-refractivity contribution in [1.29, 1.82) is 0 Å². The standard InChI is InChI=1S/C17H19Cl3NO/c1-21(2,12-13-3-5-14(18)6-4-13)9-10-22-17-8-7-15(19)11-16(17)20/h3-8,11H,9-10,12H2,1-2H3/q+1. The summed E-state index contributed by atoms with van der Waals surface area (Å²) in [5.41, 5.74) is 1.25. The molecule has 0 unspecified atom stereocenters. The maximum atomic E-state index is 6.10. The Bertz CT molecular complexity index is 626. The minimum absolute atomic E-state index is 0.538. The summed E-state index contributed by atoms with van der Waals surface area (Å²) in [7, 11) is 4.34. The molecule has 0 fully saturated rings. The highest BCUT2D eigenvalue weighted by molar-refractivity contribution is 6.35. The summed E-state index contributed by atoms with van der Waals surface area (Å²) in [6, 6.07) is 13.2. The van der Waals surface area contributed by atoms with E-state index in [1.807, 2.05) is 12.1 Å². The van der Waals surface area contributed by atoms with Gasteiger partial charge >= 0.3 is 0 Å². The summed E-state index contributed by atoms with van der Waals surface area (Å²) in [5.74, 6) is 0.664. The second-order valence-electron chi connectivity index (χ2n) is 5.87. The van der Waals surface area contributed by atoms with Crippen LogP contribution in [0.1, 0.15) is 5.56 Å². The fourth-order valence-electron chi connectivity index (χ4n) is 2.16. The lowest BCUT2D eigenvalue weighted by Gasteiger charge is -2.29. The van der Waals surface area contributed by atoms with E-state index < -0.39 is 0 Å². The van der Waals surface area contributed by atoms with Gasteiger partial charge in [0.1, 0.15) is 25.4 Å². The molecule has 0 aromatic heterocycles. The van der Waals surface area contributed by atoms with Crippen LogP contribution < -0.4 is 4.74 Å². The first-order valence-electron chi connectivity index (χ1n) is 7.00. The summed E-state index contributed by atoms with van der Waals surface area (Å²) in [5, 5.41) is 1.90. The number of hydrogen-bond donors (Lipinski definition) is 0. The Labute approximate surface area is 146 Å². The predicted octanol–water partition coefficient (Wildman–Crippen LogP) is 5.30. The van der Waals surface area contributed by atoms with Crippen LogP contribution in [-0.4, -0.2) is 31.7 Å². The Morgan fingerprint density at radius 1 is 0.909 bits per heavy atom. The molecule has 0 aliphatic carbocycles. The number of likely N-dealkylation sites (N-methyl/N-ethyl adjacent to an activating group) is 1. The topological polar surface area (TPSA) is 9.23 Å². The first-order valence-corrected chi connectivity index (χ1v) is 8.13. The Balaban J connectivity index is 1.88. The van der Waals surface area contributed by atoms with Gasteiger partial charge in [0, 0.05) is 15.6 Å². The first kappa shape index (κ1) is 17.4. The average Bonchev–Trinajstić information content (AvgIpc) is 2.43. The normalized spacial score (nSPS) is 11.5. The van der Waals surface area contributed by atoms with Gasteiger partial charge in [0.15, 0.2) is 0 Å². The zero-order chi connectivity index (χ0) is 16.2. The lowest BCUT2D eigenvalue weighted by molar-refractivity contribution is -0.903. The maximum Gasteiger partial charge on any atom is 0.138 e. The molecule has 5 heteroatoms. The van der Waals surface area contributed by atoms with Crippen molar-refractivity contribution in [2.45, 2.75) is 6.54 Å². The van der Waals surface area contributed by atoms with E-state index in [-0.39, 0.29) is 0 Å². The van der Waals surface area contributed by atoms with Gasteiger partial charge in [0.2, 0.25) is 0 Å². The summed E-state index contributed by atoms with van der Waals surface area (Å²) >= 11 is 17.9. The molecule has 0 bridgehead atoms. The molecule has 0 aliphatic rings. The van der Waals surface area contributed by atoms with Gasteiger partial charge in [-0.05, 0) is 30.3 Å². The third-order valence-corrected chi connectivity index (χ3v) is 4.15. The molecule has 0 radical (unpaired) electrons. The molecular weight excluding hydrogens is 341 g/mol. The quantitative estimate of drug-likeness (QED) is 0.636. The monoisotopic (exact) mass is 358 g/mol. The van der Waals surface area contributed by atoms with Gasteiger partial charge in [-0.2, -0.15) is 0 Å². The van der Waals surface area contributed by atoms with Crippen molar-refractivity contribution in [1.82, 2.24) is 0 Å². The first-order chi connectivity index (χ1) is 10.4. The van der Waals surface area contributed by atoms with E-state index in [1.54, 1.807) is 18.2 Å². The molecule has 0 saturated heterocycles. The van der Waals surface area contributed by atoms with Crippen molar-refractivity contribution < 1.29 is 9.22 Å². The van der Waals surface area contributed by atoms with E-state index in [9.17, 15) is 0 Å². The van der Waals surface area contributed by atoms with Crippen LogP contribution in [0.3, 0.4) is 0 Å². The highest BCUT2D eigenvalue weighted by Crippen LogP contribution is 2.27. The van der Waals surface area contributed by atoms with E-state index in [0.29, 0.717) is 22.4 Å². The molecule has 0 aliphatic heterocycles. The van der Waals surface area contributed by atoms with E-state index in [0.717, 1.165) is 22.6 Å². The molecule has 2 rings (SSSR count). The molecule has 2 aromatic rings. The molecule has 2 aromatic carbocycles. The molecule has 0 amide bonds. The fourth-order valence-corrected chi connectivity index (χ4v) is 2.75. The van der Waals surface area contributed by atoms with Crippen LogP contribution in [0.4, 0.5) is 0 Å². The highest BCUT2D eigenvalue weighted by atomic mass is 35.5. The number of benzene rings is 2. The van der Waals surface area contributed by atoms with Gasteiger partial charge in [0.05, 0.1) is 19.1 Å². The third-order valence-electron chi connectivity index (χ3n) is 3.37. The van der Waals surface area contributed by atoms with Crippen LogP contribution in [0.15, 0.2) is 42.5 Å². The molecule has 2 nitrogen and oxygen atoms in total. The van der Waals surface area contributed by atoms with Crippen LogP contribution in [0.25, 0.3) is 0 Å².